The van der Waals surface area contributed by atoms with E-state index in [9.17, 15) is 4.79 Å². The van der Waals surface area contributed by atoms with Gasteiger partial charge in [-0.3, -0.25) is 4.79 Å². The van der Waals surface area contributed by atoms with E-state index in [1.807, 2.05) is 52.0 Å². The zero-order valence-corrected chi connectivity index (χ0v) is 14.2. The second-order valence-corrected chi connectivity index (χ2v) is 5.95. The highest BCUT2D eigenvalue weighted by molar-refractivity contribution is 5.78. The standard InChI is InChI=1S/C19H24N2O2/c1-5-15(4)19(22)21-12-16-6-7-20-18(11-16)23-17-9-13(2)8-14(3)10-17/h6-11,15H,5,12H2,1-4H3,(H,21,22)/t15-/m1/s1. The molecule has 2 rings (SSSR count). The maximum Gasteiger partial charge on any atom is 0.223 e. The molecule has 0 spiro atoms. The molecular formula is C19H24N2O2. The van der Waals surface area contributed by atoms with Gasteiger partial charge in [-0.1, -0.05) is 19.9 Å². The number of nitrogens with zero attached hydrogens (tertiary/aromatic N) is 1. The molecule has 1 atom stereocenters. The monoisotopic (exact) mass is 312 g/mol. The number of pyridine rings is 1. The molecule has 0 aliphatic carbocycles. The van der Waals surface area contributed by atoms with Gasteiger partial charge in [0.1, 0.15) is 5.75 Å². The lowest BCUT2D eigenvalue weighted by Crippen LogP contribution is -2.28. The SMILES string of the molecule is CC[C@@H](C)C(=O)NCc1ccnc(Oc2cc(C)cc(C)c2)c1. The number of ether oxygens (including phenoxy) is 1. The van der Waals surface area contributed by atoms with Crippen LogP contribution in [0.2, 0.25) is 0 Å². The van der Waals surface area contributed by atoms with Gasteiger partial charge in [-0.2, -0.15) is 0 Å². The van der Waals surface area contributed by atoms with Gasteiger partial charge in [0, 0.05) is 24.7 Å². The average molecular weight is 312 g/mol. The molecular weight excluding hydrogens is 288 g/mol. The van der Waals surface area contributed by atoms with Crippen LogP contribution in [-0.2, 0) is 11.3 Å². The molecule has 0 aliphatic heterocycles. The highest BCUT2D eigenvalue weighted by atomic mass is 16.5. The lowest BCUT2D eigenvalue weighted by atomic mass is 10.1. The Morgan fingerprint density at radius 2 is 1.91 bits per heavy atom. The van der Waals surface area contributed by atoms with Crippen molar-refractivity contribution in [1.82, 2.24) is 10.3 Å². The molecule has 0 saturated heterocycles. The highest BCUT2D eigenvalue weighted by Crippen LogP contribution is 2.22. The molecule has 2 aromatic rings. The third-order valence-corrected chi connectivity index (χ3v) is 3.74. The molecule has 4 nitrogen and oxygen atoms in total. The van der Waals surface area contributed by atoms with Crippen LogP contribution >= 0.6 is 0 Å². The summed E-state index contributed by atoms with van der Waals surface area (Å²) in [7, 11) is 0. The Bertz CT molecular complexity index is 663. The van der Waals surface area contributed by atoms with E-state index in [2.05, 4.69) is 16.4 Å². The molecule has 0 saturated carbocycles. The van der Waals surface area contributed by atoms with Crippen molar-refractivity contribution in [1.29, 1.82) is 0 Å². The van der Waals surface area contributed by atoms with Crippen LogP contribution in [0.25, 0.3) is 0 Å². The summed E-state index contributed by atoms with van der Waals surface area (Å²) < 4.78 is 5.83. The van der Waals surface area contributed by atoms with Gasteiger partial charge >= 0.3 is 0 Å². The van der Waals surface area contributed by atoms with Gasteiger partial charge in [0.25, 0.3) is 0 Å². The van der Waals surface area contributed by atoms with Crippen LogP contribution in [0.4, 0.5) is 0 Å². The molecule has 1 N–H and O–H groups in total. The first-order valence-electron chi connectivity index (χ1n) is 7.96. The van der Waals surface area contributed by atoms with E-state index < -0.39 is 0 Å². The van der Waals surface area contributed by atoms with Gasteiger partial charge in [0.15, 0.2) is 0 Å². The van der Waals surface area contributed by atoms with Crippen molar-refractivity contribution in [2.45, 2.75) is 40.7 Å². The predicted octanol–water partition coefficient (Wildman–Crippen LogP) is 4.15. The first-order valence-corrected chi connectivity index (χ1v) is 7.96. The first-order chi connectivity index (χ1) is 11.0. The van der Waals surface area contributed by atoms with E-state index in [-0.39, 0.29) is 11.8 Å². The Balaban J connectivity index is 2.03. The minimum absolute atomic E-state index is 0.0304. The topological polar surface area (TPSA) is 51.2 Å². The van der Waals surface area contributed by atoms with Crippen molar-refractivity contribution in [2.75, 3.05) is 0 Å². The lowest BCUT2D eigenvalue weighted by Gasteiger charge is -2.11. The number of amides is 1. The van der Waals surface area contributed by atoms with Gasteiger partial charge in [0.2, 0.25) is 11.8 Å². The van der Waals surface area contributed by atoms with E-state index in [4.69, 9.17) is 4.74 Å². The highest BCUT2D eigenvalue weighted by Gasteiger charge is 2.10. The summed E-state index contributed by atoms with van der Waals surface area (Å²) in [6.07, 6.45) is 2.53. The summed E-state index contributed by atoms with van der Waals surface area (Å²) in [6, 6.07) is 9.79. The molecule has 0 unspecified atom stereocenters. The number of hydrogen-bond donors (Lipinski definition) is 1. The average Bonchev–Trinajstić information content (AvgIpc) is 2.51. The van der Waals surface area contributed by atoms with Gasteiger partial charge in [0.05, 0.1) is 0 Å². The van der Waals surface area contributed by atoms with E-state index >= 15 is 0 Å². The van der Waals surface area contributed by atoms with Crippen LogP contribution in [-0.4, -0.2) is 10.9 Å². The van der Waals surface area contributed by atoms with Crippen molar-refractivity contribution >= 4 is 5.91 Å². The number of aromatic nitrogens is 1. The third-order valence-electron chi connectivity index (χ3n) is 3.74. The number of carbonyl (C=O) groups is 1. The summed E-state index contributed by atoms with van der Waals surface area (Å²) in [6.45, 7) is 8.49. The summed E-state index contributed by atoms with van der Waals surface area (Å²) in [4.78, 5) is 16.1. The van der Waals surface area contributed by atoms with Crippen LogP contribution in [0.1, 0.15) is 37.0 Å². The van der Waals surface area contributed by atoms with Crippen LogP contribution in [0.15, 0.2) is 36.5 Å². The Hall–Kier alpha value is -2.36. The quantitative estimate of drug-likeness (QED) is 0.871. The van der Waals surface area contributed by atoms with Gasteiger partial charge in [-0.05, 0) is 55.2 Å². The Kier molecular flexibility index (Phi) is 5.74. The van der Waals surface area contributed by atoms with Crippen molar-refractivity contribution in [3.05, 3.63) is 53.2 Å². The van der Waals surface area contributed by atoms with Crippen LogP contribution in [0, 0.1) is 19.8 Å². The van der Waals surface area contributed by atoms with E-state index in [0.29, 0.717) is 12.4 Å². The molecule has 23 heavy (non-hydrogen) atoms. The molecule has 1 aromatic carbocycles. The van der Waals surface area contributed by atoms with Crippen molar-refractivity contribution in [3.63, 3.8) is 0 Å². The Morgan fingerprint density at radius 1 is 1.22 bits per heavy atom. The third kappa shape index (κ3) is 5.09. The Labute approximate surface area is 137 Å². The van der Waals surface area contributed by atoms with Gasteiger partial charge < -0.3 is 10.1 Å². The number of rotatable bonds is 6. The van der Waals surface area contributed by atoms with Crippen molar-refractivity contribution in [3.8, 4) is 11.6 Å². The van der Waals surface area contributed by atoms with Gasteiger partial charge in [-0.15, -0.1) is 0 Å². The summed E-state index contributed by atoms with van der Waals surface area (Å²) in [5, 5.41) is 2.94. The van der Waals surface area contributed by atoms with Crippen LogP contribution in [0.5, 0.6) is 11.6 Å². The normalized spacial score (nSPS) is 11.8. The summed E-state index contributed by atoms with van der Waals surface area (Å²) in [5.74, 6) is 1.41. The zero-order valence-electron chi connectivity index (χ0n) is 14.2. The number of aryl methyl sites for hydroxylation is 2. The smallest absolute Gasteiger partial charge is 0.223 e. The van der Waals surface area contributed by atoms with Gasteiger partial charge in [-0.25, -0.2) is 4.98 Å². The van der Waals surface area contributed by atoms with Crippen molar-refractivity contribution in [2.24, 2.45) is 5.92 Å². The lowest BCUT2D eigenvalue weighted by molar-refractivity contribution is -0.124. The summed E-state index contributed by atoms with van der Waals surface area (Å²) >= 11 is 0. The molecule has 1 heterocycles. The molecule has 1 aromatic heterocycles. The Morgan fingerprint density at radius 3 is 2.57 bits per heavy atom. The predicted molar refractivity (Wildman–Crippen MR) is 91.5 cm³/mol. The van der Waals surface area contributed by atoms with Crippen LogP contribution in [0.3, 0.4) is 0 Å². The summed E-state index contributed by atoms with van der Waals surface area (Å²) in [5.41, 5.74) is 3.27. The van der Waals surface area contributed by atoms with E-state index in [0.717, 1.165) is 28.9 Å². The fraction of sp³-hybridized carbons (Fsp3) is 0.368. The second kappa shape index (κ2) is 7.77. The van der Waals surface area contributed by atoms with Crippen molar-refractivity contribution < 1.29 is 9.53 Å². The molecule has 0 bridgehead atoms. The fourth-order valence-electron chi connectivity index (χ4n) is 2.28. The maximum absolute atomic E-state index is 11.8. The molecule has 0 fully saturated rings. The number of hydrogen-bond acceptors (Lipinski definition) is 3. The molecule has 4 heteroatoms. The maximum atomic E-state index is 11.8. The minimum atomic E-state index is 0.0304. The first kappa shape index (κ1) is 17.0. The minimum Gasteiger partial charge on any atom is -0.439 e. The largest absolute Gasteiger partial charge is 0.439 e. The molecule has 122 valence electrons. The fourth-order valence-corrected chi connectivity index (χ4v) is 2.28. The number of nitrogens with one attached hydrogen (secondary N) is 1. The number of carbonyl (C=O) groups excluding carboxylic acids is 1. The molecule has 0 radical (unpaired) electrons. The molecule has 0 aliphatic rings. The van der Waals surface area contributed by atoms with Crippen LogP contribution < -0.4 is 10.1 Å². The zero-order chi connectivity index (χ0) is 16.8. The molecule has 1 amide bonds. The van der Waals surface area contributed by atoms with E-state index in [1.54, 1.807) is 6.20 Å². The number of benzene rings is 1. The van der Waals surface area contributed by atoms with E-state index in [1.165, 1.54) is 0 Å². The second-order valence-electron chi connectivity index (χ2n) is 5.95.